The number of para-hydroxylation sites is 2. The second kappa shape index (κ2) is 7.25. The maximum atomic E-state index is 13.4. The molecule has 3 atom stereocenters. The zero-order valence-corrected chi connectivity index (χ0v) is 16.2. The molecule has 4 N–H and O–H groups in total. The molecular weight excluding hydrogens is 370 g/mol. The normalized spacial score (nSPS) is 23.3. The number of hydrogen-bond acceptors (Lipinski definition) is 4. The smallest absolute Gasteiger partial charge is 0.267 e. The van der Waals surface area contributed by atoms with Gasteiger partial charge in [-0.15, -0.1) is 0 Å². The second-order valence-corrected chi connectivity index (χ2v) is 7.56. The van der Waals surface area contributed by atoms with Crippen molar-refractivity contribution in [2.45, 2.75) is 24.9 Å². The minimum absolute atomic E-state index is 0.161. The van der Waals surface area contributed by atoms with Gasteiger partial charge in [-0.05, 0) is 24.6 Å². The van der Waals surface area contributed by atoms with Gasteiger partial charge >= 0.3 is 0 Å². The summed E-state index contributed by atoms with van der Waals surface area (Å²) in [5, 5.41) is 19.6. The highest BCUT2D eigenvalue weighted by Crippen LogP contribution is 2.44. The Balaban J connectivity index is 1.81. The van der Waals surface area contributed by atoms with Crippen LogP contribution in [-0.2, 0) is 11.2 Å². The molecule has 4 rings (SSSR count). The van der Waals surface area contributed by atoms with Crippen LogP contribution in [-0.4, -0.2) is 33.9 Å². The summed E-state index contributed by atoms with van der Waals surface area (Å²) >= 11 is 0. The first kappa shape index (κ1) is 19.0. The predicted octanol–water partition coefficient (Wildman–Crippen LogP) is 2.41. The summed E-state index contributed by atoms with van der Waals surface area (Å²) in [5.74, 6) is -1.33. The number of ether oxygens (including phenoxy) is 1. The number of benzene rings is 2. The van der Waals surface area contributed by atoms with Gasteiger partial charge in [-0.2, -0.15) is 0 Å². The van der Waals surface area contributed by atoms with E-state index in [4.69, 9.17) is 4.74 Å². The van der Waals surface area contributed by atoms with E-state index in [0.717, 1.165) is 5.56 Å². The summed E-state index contributed by atoms with van der Waals surface area (Å²) in [5.41, 5.74) is 0.762. The number of amides is 1. The zero-order valence-electron chi connectivity index (χ0n) is 16.2. The van der Waals surface area contributed by atoms with Crippen molar-refractivity contribution in [3.05, 3.63) is 81.8 Å². The number of fused-ring (bicyclic) bond motifs is 1. The maximum absolute atomic E-state index is 13.4. The molecule has 3 aromatic rings. The summed E-state index contributed by atoms with van der Waals surface area (Å²) in [6.07, 6.45) is 0.161. The largest absolute Gasteiger partial charge is 0.495 e. The van der Waals surface area contributed by atoms with Crippen LogP contribution >= 0.6 is 0 Å². The Kier molecular flexibility index (Phi) is 4.76. The van der Waals surface area contributed by atoms with Crippen molar-refractivity contribution in [2.75, 3.05) is 12.4 Å². The van der Waals surface area contributed by atoms with E-state index in [2.05, 4.69) is 15.5 Å². The van der Waals surface area contributed by atoms with Gasteiger partial charge in [0.1, 0.15) is 5.75 Å². The number of rotatable bonds is 4. The minimum Gasteiger partial charge on any atom is -0.495 e. The summed E-state index contributed by atoms with van der Waals surface area (Å²) in [4.78, 5) is 26.0. The minimum atomic E-state index is -1.37. The highest BCUT2D eigenvalue weighted by molar-refractivity contribution is 5.96. The van der Waals surface area contributed by atoms with Crippen molar-refractivity contribution in [3.8, 4) is 5.75 Å². The predicted molar refractivity (Wildman–Crippen MR) is 109 cm³/mol. The molecule has 0 spiro atoms. The number of carbonyl (C=O) groups excluding carboxylic acids is 1. The van der Waals surface area contributed by atoms with E-state index >= 15 is 0 Å². The Labute approximate surface area is 167 Å². The summed E-state index contributed by atoms with van der Waals surface area (Å²) in [6, 6.07) is 16.4. The van der Waals surface area contributed by atoms with Crippen molar-refractivity contribution in [1.82, 2.24) is 10.2 Å². The quantitative estimate of drug-likeness (QED) is 0.546. The van der Waals surface area contributed by atoms with Crippen LogP contribution in [0.2, 0.25) is 0 Å². The lowest BCUT2D eigenvalue weighted by molar-refractivity contribution is -0.130. The third kappa shape index (κ3) is 3.34. The average molecular weight is 393 g/mol. The molecule has 7 nitrogen and oxygen atoms in total. The van der Waals surface area contributed by atoms with Gasteiger partial charge < -0.3 is 20.3 Å². The fourth-order valence-corrected chi connectivity index (χ4v) is 4.28. The van der Waals surface area contributed by atoms with E-state index < -0.39 is 17.4 Å². The summed E-state index contributed by atoms with van der Waals surface area (Å²) in [6.45, 7) is 1.63. The third-order valence-corrected chi connectivity index (χ3v) is 5.55. The van der Waals surface area contributed by atoms with Crippen molar-refractivity contribution >= 4 is 11.6 Å². The molecule has 1 aliphatic rings. The van der Waals surface area contributed by atoms with Gasteiger partial charge in [-0.25, -0.2) is 0 Å². The Bertz CT molecular complexity index is 1080. The van der Waals surface area contributed by atoms with Crippen LogP contribution in [0.5, 0.6) is 5.75 Å². The van der Waals surface area contributed by atoms with Crippen LogP contribution in [0.15, 0.2) is 59.4 Å². The van der Waals surface area contributed by atoms with Gasteiger partial charge in [0.15, 0.2) is 0 Å². The number of nitrogens with one attached hydrogen (secondary N) is 3. The maximum Gasteiger partial charge on any atom is 0.267 e. The number of carbonyl (C=O) groups is 1. The van der Waals surface area contributed by atoms with E-state index in [1.54, 1.807) is 25.1 Å². The van der Waals surface area contributed by atoms with Crippen LogP contribution < -0.4 is 15.6 Å². The molecule has 1 aromatic heterocycles. The SMILES string of the molecule is COc1ccccc1NC(=O)[C@@H]1[C@@H](c2ccccc2)c2c([nH][nH]c2=O)C[C@]1(C)O. The van der Waals surface area contributed by atoms with E-state index in [1.165, 1.54) is 7.11 Å². The molecule has 0 radical (unpaired) electrons. The first-order chi connectivity index (χ1) is 13.9. The Hall–Kier alpha value is -3.32. The zero-order chi connectivity index (χ0) is 20.6. The lowest BCUT2D eigenvalue weighted by Gasteiger charge is -2.41. The van der Waals surface area contributed by atoms with Crippen molar-refractivity contribution in [1.29, 1.82) is 0 Å². The molecule has 150 valence electrons. The van der Waals surface area contributed by atoms with Crippen molar-refractivity contribution in [3.63, 3.8) is 0 Å². The molecule has 1 heterocycles. The lowest BCUT2D eigenvalue weighted by Crippen LogP contribution is -2.51. The highest BCUT2D eigenvalue weighted by atomic mass is 16.5. The van der Waals surface area contributed by atoms with Crippen LogP contribution in [0.4, 0.5) is 5.69 Å². The fourth-order valence-electron chi connectivity index (χ4n) is 4.28. The second-order valence-electron chi connectivity index (χ2n) is 7.56. The first-order valence-corrected chi connectivity index (χ1v) is 9.43. The van der Waals surface area contributed by atoms with Gasteiger partial charge in [0.05, 0.1) is 24.3 Å². The van der Waals surface area contributed by atoms with Gasteiger partial charge in [0.2, 0.25) is 5.91 Å². The van der Waals surface area contributed by atoms with E-state index in [0.29, 0.717) is 22.7 Å². The molecular formula is C22H23N3O4. The molecule has 0 aliphatic heterocycles. The number of anilines is 1. The number of hydrogen-bond donors (Lipinski definition) is 4. The number of H-pyrrole nitrogens is 2. The van der Waals surface area contributed by atoms with Crippen molar-refractivity contribution in [2.24, 2.45) is 5.92 Å². The monoisotopic (exact) mass is 393 g/mol. The molecule has 0 saturated carbocycles. The summed E-state index contributed by atoms with van der Waals surface area (Å²) < 4.78 is 5.32. The standard InChI is InChI=1S/C22H23N3O4/c1-22(28)12-15-18(20(26)25-24-15)17(13-8-4-3-5-9-13)19(22)21(27)23-14-10-6-7-11-16(14)29-2/h3-11,17,19,28H,12H2,1-2H3,(H,23,27)(H2,24,25,26)/t17-,19-,22-/m0/s1. The molecule has 2 aromatic carbocycles. The molecule has 0 fully saturated rings. The van der Waals surface area contributed by atoms with Crippen LogP contribution in [0.3, 0.4) is 0 Å². The molecule has 0 saturated heterocycles. The summed E-state index contributed by atoms with van der Waals surface area (Å²) in [7, 11) is 1.53. The van der Waals surface area contributed by atoms with Crippen LogP contribution in [0, 0.1) is 5.92 Å². The Morgan fingerprint density at radius 2 is 1.83 bits per heavy atom. The average Bonchev–Trinajstić information content (AvgIpc) is 3.06. The molecule has 1 amide bonds. The van der Waals surface area contributed by atoms with Gasteiger partial charge in [0.25, 0.3) is 5.56 Å². The lowest BCUT2D eigenvalue weighted by atomic mass is 9.66. The van der Waals surface area contributed by atoms with E-state index in [1.807, 2.05) is 36.4 Å². The fraction of sp³-hybridized carbons (Fsp3) is 0.273. The Morgan fingerprint density at radius 3 is 2.55 bits per heavy atom. The molecule has 0 unspecified atom stereocenters. The molecule has 1 aliphatic carbocycles. The topological polar surface area (TPSA) is 107 Å². The molecule has 0 bridgehead atoms. The number of aromatic nitrogens is 2. The third-order valence-electron chi connectivity index (χ3n) is 5.55. The Morgan fingerprint density at radius 1 is 1.14 bits per heavy atom. The molecule has 29 heavy (non-hydrogen) atoms. The van der Waals surface area contributed by atoms with Gasteiger partial charge in [-0.3, -0.25) is 14.7 Å². The number of aliphatic hydroxyl groups is 1. The highest BCUT2D eigenvalue weighted by Gasteiger charge is 2.50. The van der Waals surface area contributed by atoms with E-state index in [-0.39, 0.29) is 17.9 Å². The van der Waals surface area contributed by atoms with Crippen LogP contribution in [0.1, 0.15) is 29.7 Å². The van der Waals surface area contributed by atoms with Crippen LogP contribution in [0.25, 0.3) is 0 Å². The number of methoxy groups -OCH3 is 1. The van der Waals surface area contributed by atoms with E-state index in [9.17, 15) is 14.7 Å². The number of aromatic amines is 2. The van der Waals surface area contributed by atoms with Gasteiger partial charge in [-0.1, -0.05) is 42.5 Å². The first-order valence-electron chi connectivity index (χ1n) is 9.43. The van der Waals surface area contributed by atoms with Gasteiger partial charge in [0, 0.05) is 23.6 Å². The van der Waals surface area contributed by atoms with Crippen molar-refractivity contribution < 1.29 is 14.6 Å². The molecule has 7 heteroatoms.